The summed E-state index contributed by atoms with van der Waals surface area (Å²) in [5, 5.41) is 3.18. The van der Waals surface area contributed by atoms with E-state index in [1.807, 2.05) is 32.2 Å². The van der Waals surface area contributed by atoms with Crippen molar-refractivity contribution >= 4 is 5.84 Å². The molecule has 0 saturated heterocycles. The summed E-state index contributed by atoms with van der Waals surface area (Å²) in [5.41, 5.74) is 3.50. The van der Waals surface area contributed by atoms with Crippen LogP contribution in [0.4, 0.5) is 4.39 Å². The number of pyridine rings is 1. The summed E-state index contributed by atoms with van der Waals surface area (Å²) in [5.74, 6) is 0.997. The normalized spacial score (nSPS) is 11.8. The molecule has 1 N–H and O–H groups in total. The fourth-order valence-corrected chi connectivity index (χ4v) is 2.55. The maximum absolute atomic E-state index is 14.4. The Morgan fingerprint density at radius 1 is 1.32 bits per heavy atom. The molecule has 1 aromatic carbocycles. The molecule has 0 aliphatic carbocycles. The van der Waals surface area contributed by atoms with E-state index in [9.17, 15) is 4.39 Å². The molecule has 1 aromatic heterocycles. The van der Waals surface area contributed by atoms with Crippen molar-refractivity contribution in [1.82, 2.24) is 10.3 Å². The zero-order valence-electron chi connectivity index (χ0n) is 15.4. The van der Waals surface area contributed by atoms with Gasteiger partial charge in [0.1, 0.15) is 23.1 Å². The minimum atomic E-state index is -0.356. The Balaban J connectivity index is 2.59. The Hall–Kier alpha value is -2.69. The second-order valence-corrected chi connectivity index (χ2v) is 5.72. The molecule has 0 atom stereocenters. The molecule has 132 valence electrons. The molecule has 0 radical (unpaired) electrons. The van der Waals surface area contributed by atoms with Crippen molar-refractivity contribution in [2.45, 2.75) is 27.2 Å². The van der Waals surface area contributed by atoms with Gasteiger partial charge in [-0.25, -0.2) is 4.39 Å². The molecule has 0 unspecified atom stereocenters. The first-order chi connectivity index (χ1) is 12.0. The number of nitrogens with one attached hydrogen (secondary N) is 1. The molecule has 2 rings (SSSR count). The van der Waals surface area contributed by atoms with Crippen LogP contribution >= 0.6 is 0 Å². The Kier molecular flexibility index (Phi) is 6.28. The van der Waals surface area contributed by atoms with Crippen LogP contribution in [0.25, 0.3) is 11.3 Å². The Morgan fingerprint density at radius 2 is 2.08 bits per heavy atom. The molecule has 1 heterocycles. The summed E-state index contributed by atoms with van der Waals surface area (Å²) in [6.45, 7) is 5.82. The molecule has 0 amide bonds. The van der Waals surface area contributed by atoms with E-state index in [1.165, 1.54) is 6.07 Å². The highest BCUT2D eigenvalue weighted by molar-refractivity contribution is 6.02. The molecule has 0 aliphatic rings. The standard InChI is InChI=1S/C20H24FN3O/c1-6-7-8-23-20(22-4)16-10-15(11-18(25-5)14(16)3)19-17(21)9-13(2)12-24-19/h7-12H,6H2,1-5H3,(H,22,23)/b8-7+. The third-order valence-electron chi connectivity index (χ3n) is 3.88. The first kappa shape index (κ1) is 18.6. The molecule has 4 nitrogen and oxygen atoms in total. The molecule has 0 bridgehead atoms. The molecule has 2 aromatic rings. The smallest absolute Gasteiger partial charge is 0.149 e. The monoisotopic (exact) mass is 341 g/mol. The lowest BCUT2D eigenvalue weighted by atomic mass is 10.00. The SMILES string of the molecule is CC/C=C/NC(=NC)c1cc(-c2ncc(C)cc2F)cc(OC)c1C. The van der Waals surface area contributed by atoms with Crippen molar-refractivity contribution in [3.05, 3.63) is 59.2 Å². The van der Waals surface area contributed by atoms with Crippen LogP contribution in [-0.4, -0.2) is 25.0 Å². The highest BCUT2D eigenvalue weighted by Crippen LogP contribution is 2.30. The summed E-state index contributed by atoms with van der Waals surface area (Å²) in [6.07, 6.45) is 6.43. The van der Waals surface area contributed by atoms with Gasteiger partial charge in [0.05, 0.1) is 7.11 Å². The van der Waals surface area contributed by atoms with Gasteiger partial charge in [0, 0.05) is 29.9 Å². The van der Waals surface area contributed by atoms with Gasteiger partial charge in [-0.05, 0) is 50.2 Å². The van der Waals surface area contributed by atoms with Gasteiger partial charge in [-0.2, -0.15) is 0 Å². The number of halogens is 1. The van der Waals surface area contributed by atoms with E-state index in [2.05, 4.69) is 22.2 Å². The largest absolute Gasteiger partial charge is 0.496 e. The van der Waals surface area contributed by atoms with Gasteiger partial charge in [0.2, 0.25) is 0 Å². The van der Waals surface area contributed by atoms with Gasteiger partial charge in [0.25, 0.3) is 0 Å². The first-order valence-electron chi connectivity index (χ1n) is 8.21. The zero-order valence-corrected chi connectivity index (χ0v) is 15.4. The van der Waals surface area contributed by atoms with E-state index in [1.54, 1.807) is 26.4 Å². The van der Waals surface area contributed by atoms with Crippen molar-refractivity contribution in [1.29, 1.82) is 0 Å². The zero-order chi connectivity index (χ0) is 18.4. The quantitative estimate of drug-likeness (QED) is 0.647. The van der Waals surface area contributed by atoms with E-state index in [0.717, 1.165) is 23.1 Å². The van der Waals surface area contributed by atoms with Gasteiger partial charge >= 0.3 is 0 Å². The topological polar surface area (TPSA) is 46.5 Å². The van der Waals surface area contributed by atoms with Crippen LogP contribution in [0.2, 0.25) is 0 Å². The Labute approximate surface area is 148 Å². The highest BCUT2D eigenvalue weighted by Gasteiger charge is 2.16. The number of ether oxygens (including phenoxy) is 1. The number of nitrogens with zero attached hydrogens (tertiary/aromatic N) is 2. The van der Waals surface area contributed by atoms with Crippen molar-refractivity contribution in [2.75, 3.05) is 14.2 Å². The number of allylic oxidation sites excluding steroid dienone is 1. The first-order valence-corrected chi connectivity index (χ1v) is 8.21. The Bertz CT molecular complexity index is 813. The van der Waals surface area contributed by atoms with Gasteiger partial charge in [0.15, 0.2) is 0 Å². The van der Waals surface area contributed by atoms with Gasteiger partial charge in [-0.1, -0.05) is 13.0 Å². The minimum Gasteiger partial charge on any atom is -0.496 e. The lowest BCUT2D eigenvalue weighted by Crippen LogP contribution is -2.20. The van der Waals surface area contributed by atoms with Crippen LogP contribution in [-0.2, 0) is 0 Å². The fraction of sp³-hybridized carbons (Fsp3) is 0.300. The number of aromatic nitrogens is 1. The fourth-order valence-electron chi connectivity index (χ4n) is 2.55. The molecule has 5 heteroatoms. The van der Waals surface area contributed by atoms with Crippen LogP contribution in [0.15, 0.2) is 41.7 Å². The molecular formula is C20H24FN3O. The molecule has 25 heavy (non-hydrogen) atoms. The molecule has 0 spiro atoms. The van der Waals surface area contributed by atoms with E-state index in [-0.39, 0.29) is 5.82 Å². The van der Waals surface area contributed by atoms with Gasteiger partial charge in [-0.15, -0.1) is 0 Å². The van der Waals surface area contributed by atoms with Gasteiger partial charge in [-0.3, -0.25) is 9.98 Å². The van der Waals surface area contributed by atoms with Crippen molar-refractivity contribution in [3.8, 4) is 17.0 Å². The number of aliphatic imine (C=N–C) groups is 1. The average molecular weight is 341 g/mol. The predicted octanol–water partition coefficient (Wildman–Crippen LogP) is 4.40. The van der Waals surface area contributed by atoms with Crippen LogP contribution in [0.1, 0.15) is 30.0 Å². The molecule has 0 aliphatic heterocycles. The highest BCUT2D eigenvalue weighted by atomic mass is 19.1. The maximum atomic E-state index is 14.4. The van der Waals surface area contributed by atoms with E-state index in [4.69, 9.17) is 4.74 Å². The second-order valence-electron chi connectivity index (χ2n) is 5.72. The third kappa shape index (κ3) is 4.24. The van der Waals surface area contributed by atoms with Crippen LogP contribution in [0.5, 0.6) is 5.75 Å². The number of amidine groups is 1. The molecule has 0 fully saturated rings. The average Bonchev–Trinajstić information content (AvgIpc) is 2.60. The van der Waals surface area contributed by atoms with Crippen molar-refractivity contribution in [2.24, 2.45) is 4.99 Å². The minimum absolute atomic E-state index is 0.296. The lowest BCUT2D eigenvalue weighted by Gasteiger charge is -2.15. The Morgan fingerprint density at radius 3 is 2.68 bits per heavy atom. The summed E-state index contributed by atoms with van der Waals surface area (Å²) in [7, 11) is 3.31. The number of rotatable bonds is 5. The van der Waals surface area contributed by atoms with Crippen LogP contribution in [0, 0.1) is 19.7 Å². The number of methoxy groups -OCH3 is 1. The predicted molar refractivity (Wildman–Crippen MR) is 101 cm³/mol. The van der Waals surface area contributed by atoms with E-state index >= 15 is 0 Å². The number of hydrogen-bond donors (Lipinski definition) is 1. The van der Waals surface area contributed by atoms with E-state index < -0.39 is 0 Å². The van der Waals surface area contributed by atoms with Gasteiger partial charge < -0.3 is 10.1 Å². The molecule has 0 saturated carbocycles. The summed E-state index contributed by atoms with van der Waals surface area (Å²) < 4.78 is 19.9. The van der Waals surface area contributed by atoms with Crippen LogP contribution < -0.4 is 10.1 Å². The summed E-state index contributed by atoms with van der Waals surface area (Å²) in [4.78, 5) is 8.57. The third-order valence-corrected chi connectivity index (χ3v) is 3.88. The number of hydrogen-bond acceptors (Lipinski definition) is 3. The van der Waals surface area contributed by atoms with E-state index in [0.29, 0.717) is 22.8 Å². The lowest BCUT2D eigenvalue weighted by molar-refractivity contribution is 0.411. The number of benzene rings is 1. The van der Waals surface area contributed by atoms with Crippen molar-refractivity contribution in [3.63, 3.8) is 0 Å². The van der Waals surface area contributed by atoms with Crippen LogP contribution in [0.3, 0.4) is 0 Å². The molecular weight excluding hydrogens is 317 g/mol. The van der Waals surface area contributed by atoms with Crippen molar-refractivity contribution < 1.29 is 9.13 Å². The second kappa shape index (κ2) is 8.42. The number of aryl methyl sites for hydroxylation is 1. The summed E-state index contributed by atoms with van der Waals surface area (Å²) >= 11 is 0. The maximum Gasteiger partial charge on any atom is 0.149 e. The summed E-state index contributed by atoms with van der Waals surface area (Å²) in [6, 6.07) is 5.16.